The summed E-state index contributed by atoms with van der Waals surface area (Å²) in [5.41, 5.74) is 1.26. The maximum Gasteiger partial charge on any atom is 0.247 e. The number of hydrogen-bond acceptors (Lipinski definition) is 6. The molecule has 6 nitrogen and oxygen atoms in total. The largest absolute Gasteiger partial charge is 0.355 e. The highest BCUT2D eigenvalue weighted by Gasteiger charge is 2.20. The van der Waals surface area contributed by atoms with Crippen LogP contribution >= 0.6 is 0 Å². The molecule has 4 rings (SSSR count). The number of piperazine rings is 1. The van der Waals surface area contributed by atoms with Crippen LogP contribution in [0.15, 0.2) is 42.6 Å². The van der Waals surface area contributed by atoms with Gasteiger partial charge in [0.2, 0.25) is 5.95 Å². The third-order valence-electron chi connectivity index (χ3n) is 5.59. The average molecular weight is 379 g/mol. The molecule has 0 unspecified atom stereocenters. The molecule has 0 bridgehead atoms. The summed E-state index contributed by atoms with van der Waals surface area (Å²) >= 11 is 0. The van der Waals surface area contributed by atoms with Gasteiger partial charge in [0.1, 0.15) is 0 Å². The second-order valence-corrected chi connectivity index (χ2v) is 7.62. The van der Waals surface area contributed by atoms with Crippen LogP contribution in [0.4, 0.5) is 11.8 Å². The van der Waals surface area contributed by atoms with E-state index in [-0.39, 0.29) is 0 Å². The second kappa shape index (κ2) is 9.64. The Bertz CT molecular complexity index is 747. The van der Waals surface area contributed by atoms with Gasteiger partial charge >= 0.3 is 0 Å². The van der Waals surface area contributed by atoms with Crippen molar-refractivity contribution in [2.24, 2.45) is 0 Å². The summed E-state index contributed by atoms with van der Waals surface area (Å²) in [6.07, 6.45) is 11.4. The maximum atomic E-state index is 4.83. The van der Waals surface area contributed by atoms with E-state index in [1.807, 2.05) is 6.20 Å². The van der Waals surface area contributed by atoms with E-state index in [9.17, 15) is 0 Å². The highest BCUT2D eigenvalue weighted by atomic mass is 15.4. The first-order chi connectivity index (χ1) is 13.9. The number of hydrogen-bond donors (Lipinski definition) is 0. The van der Waals surface area contributed by atoms with Gasteiger partial charge in [0, 0.05) is 45.8 Å². The van der Waals surface area contributed by atoms with Gasteiger partial charge in [-0.05, 0) is 18.4 Å². The van der Waals surface area contributed by atoms with E-state index in [2.05, 4.69) is 67.4 Å². The Kier molecular flexibility index (Phi) is 6.50. The van der Waals surface area contributed by atoms with Crippen LogP contribution in [0.3, 0.4) is 0 Å². The molecule has 2 aromatic rings. The Hall–Kier alpha value is -2.47. The fourth-order valence-electron chi connectivity index (χ4n) is 3.90. The third kappa shape index (κ3) is 5.07. The van der Waals surface area contributed by atoms with Crippen molar-refractivity contribution in [3.63, 3.8) is 0 Å². The van der Waals surface area contributed by atoms with Crippen molar-refractivity contribution in [1.29, 1.82) is 0 Å². The quantitative estimate of drug-likeness (QED) is 0.797. The molecular weight excluding hydrogens is 348 g/mol. The highest BCUT2D eigenvalue weighted by Crippen LogP contribution is 2.19. The van der Waals surface area contributed by atoms with Gasteiger partial charge in [-0.3, -0.25) is 4.90 Å². The number of nitrogens with zero attached hydrogens (tertiary/aromatic N) is 6. The normalized spacial score (nSPS) is 19.1. The third-order valence-corrected chi connectivity index (χ3v) is 5.59. The lowest BCUT2D eigenvalue weighted by Crippen LogP contribution is -2.47. The summed E-state index contributed by atoms with van der Waals surface area (Å²) in [6.45, 7) is 7.09. The number of anilines is 2. The average Bonchev–Trinajstić information content (AvgIpc) is 3.05. The maximum absolute atomic E-state index is 4.83. The van der Waals surface area contributed by atoms with Crippen LogP contribution in [0, 0.1) is 0 Å². The first-order valence-electron chi connectivity index (χ1n) is 10.5. The smallest absolute Gasteiger partial charge is 0.247 e. The van der Waals surface area contributed by atoms with E-state index in [1.165, 1.54) is 31.2 Å². The van der Waals surface area contributed by atoms with E-state index < -0.39 is 0 Å². The fourth-order valence-corrected chi connectivity index (χ4v) is 3.90. The number of rotatable bonds is 5. The molecule has 148 valence electrons. The van der Waals surface area contributed by atoms with E-state index in [1.54, 1.807) is 0 Å². The molecule has 2 aliphatic rings. The number of aromatic nitrogens is 3. The van der Waals surface area contributed by atoms with Gasteiger partial charge in [0.25, 0.3) is 0 Å². The van der Waals surface area contributed by atoms with E-state index in [0.717, 1.165) is 57.6 Å². The topological polar surface area (TPSA) is 48.4 Å². The van der Waals surface area contributed by atoms with Crippen molar-refractivity contribution in [2.45, 2.75) is 25.7 Å². The van der Waals surface area contributed by atoms with Crippen molar-refractivity contribution in [2.75, 3.05) is 55.6 Å². The second-order valence-electron chi connectivity index (χ2n) is 7.62. The predicted molar refractivity (Wildman–Crippen MR) is 115 cm³/mol. The molecule has 1 aromatic heterocycles. The zero-order valence-electron chi connectivity index (χ0n) is 16.6. The Morgan fingerprint density at radius 2 is 1.57 bits per heavy atom. The summed E-state index contributed by atoms with van der Waals surface area (Å²) in [5, 5.41) is 8.56. The van der Waals surface area contributed by atoms with Gasteiger partial charge in [-0.15, -0.1) is 5.10 Å². The first kappa shape index (κ1) is 18.9. The lowest BCUT2D eigenvalue weighted by atomic mass is 10.2. The Morgan fingerprint density at radius 3 is 2.32 bits per heavy atom. The van der Waals surface area contributed by atoms with E-state index in [4.69, 9.17) is 4.98 Å². The molecule has 0 aliphatic carbocycles. The molecule has 0 saturated carbocycles. The van der Waals surface area contributed by atoms with Gasteiger partial charge in [0.15, 0.2) is 5.82 Å². The van der Waals surface area contributed by atoms with Crippen molar-refractivity contribution in [1.82, 2.24) is 20.1 Å². The number of benzene rings is 1. The van der Waals surface area contributed by atoms with E-state index in [0.29, 0.717) is 0 Å². The van der Waals surface area contributed by atoms with Crippen molar-refractivity contribution in [3.8, 4) is 0 Å². The Balaban J connectivity index is 1.30. The molecular formula is C22H30N6. The van der Waals surface area contributed by atoms with Crippen LogP contribution < -0.4 is 9.80 Å². The summed E-state index contributed by atoms with van der Waals surface area (Å²) in [7, 11) is 0. The fraction of sp³-hybridized carbons (Fsp3) is 0.500. The van der Waals surface area contributed by atoms with Gasteiger partial charge in [-0.2, -0.15) is 10.1 Å². The molecule has 28 heavy (non-hydrogen) atoms. The molecule has 0 spiro atoms. The van der Waals surface area contributed by atoms with Gasteiger partial charge < -0.3 is 9.80 Å². The van der Waals surface area contributed by atoms with Crippen LogP contribution in [0.2, 0.25) is 0 Å². The lowest BCUT2D eigenvalue weighted by Gasteiger charge is -2.34. The Morgan fingerprint density at radius 1 is 0.821 bits per heavy atom. The minimum atomic E-state index is 0.779. The standard InChI is InChI=1S/C22H30N6/c1-2-7-14-27(13-6-1)21-19-23-25-22(24-21)28-17-15-26(16-18-28)12-8-11-20-9-4-3-5-10-20/h3-5,8-11,19H,1-2,6-7,12-18H2/b11-8+. The molecule has 1 aromatic carbocycles. The molecule has 2 fully saturated rings. The molecule has 2 aliphatic heterocycles. The summed E-state index contributed by atoms with van der Waals surface area (Å²) in [6, 6.07) is 10.5. The zero-order chi connectivity index (χ0) is 19.0. The Labute approximate surface area is 167 Å². The van der Waals surface area contributed by atoms with Gasteiger partial charge in [0.05, 0.1) is 6.20 Å². The monoisotopic (exact) mass is 378 g/mol. The van der Waals surface area contributed by atoms with Crippen LogP contribution in [-0.4, -0.2) is 65.9 Å². The minimum Gasteiger partial charge on any atom is -0.355 e. The zero-order valence-corrected chi connectivity index (χ0v) is 16.6. The van der Waals surface area contributed by atoms with Crippen molar-refractivity contribution >= 4 is 17.8 Å². The molecule has 0 atom stereocenters. The predicted octanol–water partition coefficient (Wildman–Crippen LogP) is 3.09. The molecule has 0 amide bonds. The van der Waals surface area contributed by atoms with Crippen molar-refractivity contribution < 1.29 is 0 Å². The van der Waals surface area contributed by atoms with Crippen LogP contribution in [0.1, 0.15) is 31.2 Å². The molecule has 6 heteroatoms. The molecule has 0 N–H and O–H groups in total. The minimum absolute atomic E-state index is 0.779. The van der Waals surface area contributed by atoms with Crippen LogP contribution in [0.25, 0.3) is 6.08 Å². The van der Waals surface area contributed by atoms with E-state index >= 15 is 0 Å². The summed E-state index contributed by atoms with van der Waals surface area (Å²) < 4.78 is 0. The van der Waals surface area contributed by atoms with Gasteiger partial charge in [-0.1, -0.05) is 55.3 Å². The first-order valence-corrected chi connectivity index (χ1v) is 10.5. The summed E-state index contributed by atoms with van der Waals surface area (Å²) in [5.74, 6) is 1.77. The molecule has 3 heterocycles. The highest BCUT2D eigenvalue weighted by molar-refractivity contribution is 5.48. The van der Waals surface area contributed by atoms with Crippen LogP contribution in [0.5, 0.6) is 0 Å². The molecule has 0 radical (unpaired) electrons. The van der Waals surface area contributed by atoms with Crippen molar-refractivity contribution in [3.05, 3.63) is 48.2 Å². The molecule has 2 saturated heterocycles. The lowest BCUT2D eigenvalue weighted by molar-refractivity contribution is 0.282. The SMILES string of the molecule is C(=C\c1ccccc1)/CN1CCN(c2nncc(N3CCCCCC3)n2)CC1. The van der Waals surface area contributed by atoms with Gasteiger partial charge in [-0.25, -0.2) is 0 Å². The van der Waals surface area contributed by atoms with Crippen LogP contribution in [-0.2, 0) is 0 Å². The summed E-state index contributed by atoms with van der Waals surface area (Å²) in [4.78, 5) is 11.9.